The zero-order chi connectivity index (χ0) is 18.1. The van der Waals surface area contributed by atoms with Gasteiger partial charge in [-0.2, -0.15) is 0 Å². The fourth-order valence-corrected chi connectivity index (χ4v) is 5.37. The first-order valence-corrected chi connectivity index (χ1v) is 11.2. The van der Waals surface area contributed by atoms with E-state index in [2.05, 4.69) is 19.2 Å². The van der Waals surface area contributed by atoms with Crippen LogP contribution in [0.3, 0.4) is 0 Å². The van der Waals surface area contributed by atoms with Crippen molar-refractivity contribution in [3.8, 4) is 0 Å². The standard InChI is InChI=1S/C20H22ClN3S2/c1-12(2)10-22-19-18-15-4-3-5-16(15)26-20(18)24-17(23-19)11-25-14-8-6-13(21)7-9-14/h6-9,12H,3-5,10-11H2,1-2H3,(H,22,23,24). The number of benzene rings is 1. The van der Waals surface area contributed by atoms with Crippen LogP contribution in [0.15, 0.2) is 29.2 Å². The summed E-state index contributed by atoms with van der Waals surface area (Å²) in [6, 6.07) is 7.94. The molecule has 1 aliphatic carbocycles. The number of hydrogen-bond donors (Lipinski definition) is 1. The molecule has 2 heterocycles. The number of hydrogen-bond acceptors (Lipinski definition) is 5. The van der Waals surface area contributed by atoms with E-state index in [9.17, 15) is 0 Å². The van der Waals surface area contributed by atoms with Gasteiger partial charge < -0.3 is 5.32 Å². The Kier molecular flexibility index (Phi) is 5.39. The lowest BCUT2D eigenvalue weighted by atomic mass is 10.1. The molecule has 0 radical (unpaired) electrons. The van der Waals surface area contributed by atoms with Crippen LogP contribution in [0.4, 0.5) is 5.82 Å². The maximum Gasteiger partial charge on any atom is 0.142 e. The van der Waals surface area contributed by atoms with Gasteiger partial charge in [0.15, 0.2) is 0 Å². The summed E-state index contributed by atoms with van der Waals surface area (Å²) in [5.74, 6) is 3.26. The highest BCUT2D eigenvalue weighted by Crippen LogP contribution is 2.40. The van der Waals surface area contributed by atoms with Crippen LogP contribution in [0.5, 0.6) is 0 Å². The number of rotatable bonds is 6. The molecule has 6 heteroatoms. The van der Waals surface area contributed by atoms with Crippen molar-refractivity contribution in [1.29, 1.82) is 0 Å². The number of halogens is 1. The average molecular weight is 404 g/mol. The smallest absolute Gasteiger partial charge is 0.142 e. The molecule has 4 rings (SSSR count). The van der Waals surface area contributed by atoms with Crippen molar-refractivity contribution in [3.05, 3.63) is 45.6 Å². The van der Waals surface area contributed by atoms with E-state index in [4.69, 9.17) is 21.6 Å². The Morgan fingerprint density at radius 3 is 2.77 bits per heavy atom. The largest absolute Gasteiger partial charge is 0.369 e. The number of nitrogens with one attached hydrogen (secondary N) is 1. The molecule has 0 bridgehead atoms. The van der Waals surface area contributed by atoms with Gasteiger partial charge in [0.05, 0.1) is 11.1 Å². The quantitative estimate of drug-likeness (QED) is 0.497. The fraction of sp³-hybridized carbons (Fsp3) is 0.400. The van der Waals surface area contributed by atoms with E-state index < -0.39 is 0 Å². The lowest BCUT2D eigenvalue weighted by Gasteiger charge is -2.12. The Labute approximate surface area is 167 Å². The minimum Gasteiger partial charge on any atom is -0.369 e. The summed E-state index contributed by atoms with van der Waals surface area (Å²) < 4.78 is 0. The summed E-state index contributed by atoms with van der Waals surface area (Å²) in [6.45, 7) is 5.38. The molecule has 1 aromatic carbocycles. The second-order valence-corrected chi connectivity index (χ2v) is 9.61. The van der Waals surface area contributed by atoms with E-state index in [1.807, 2.05) is 35.6 Å². The fourth-order valence-electron chi connectivity index (χ4n) is 3.21. The Morgan fingerprint density at radius 1 is 1.19 bits per heavy atom. The molecule has 1 N–H and O–H groups in total. The maximum atomic E-state index is 5.97. The van der Waals surface area contributed by atoms with Crippen LogP contribution in [0.1, 0.15) is 36.5 Å². The normalized spacial score (nSPS) is 13.5. The van der Waals surface area contributed by atoms with Crippen LogP contribution in [0, 0.1) is 5.92 Å². The third kappa shape index (κ3) is 3.85. The number of thiophene rings is 1. The van der Waals surface area contributed by atoms with Gasteiger partial charge in [0, 0.05) is 21.3 Å². The summed E-state index contributed by atoms with van der Waals surface area (Å²) in [7, 11) is 0. The van der Waals surface area contributed by atoms with Gasteiger partial charge in [-0.15, -0.1) is 23.1 Å². The predicted octanol–water partition coefficient (Wildman–Crippen LogP) is 6.19. The van der Waals surface area contributed by atoms with E-state index in [0.29, 0.717) is 5.92 Å². The first-order valence-electron chi connectivity index (χ1n) is 9.03. The second-order valence-electron chi connectivity index (χ2n) is 7.04. The molecular formula is C20H22ClN3S2. The lowest BCUT2D eigenvalue weighted by Crippen LogP contribution is -2.11. The molecular weight excluding hydrogens is 382 g/mol. The van der Waals surface area contributed by atoms with Gasteiger partial charge in [0.1, 0.15) is 16.5 Å². The first-order chi connectivity index (χ1) is 12.6. The summed E-state index contributed by atoms with van der Waals surface area (Å²) in [5, 5.41) is 5.61. The molecule has 0 fully saturated rings. The number of thioether (sulfide) groups is 1. The van der Waals surface area contributed by atoms with Crippen molar-refractivity contribution in [2.24, 2.45) is 5.92 Å². The topological polar surface area (TPSA) is 37.8 Å². The molecule has 0 atom stereocenters. The van der Waals surface area contributed by atoms with E-state index in [-0.39, 0.29) is 0 Å². The van der Waals surface area contributed by atoms with Gasteiger partial charge in [-0.3, -0.25) is 0 Å². The molecule has 2 aromatic heterocycles. The predicted molar refractivity (Wildman–Crippen MR) is 114 cm³/mol. The minimum absolute atomic E-state index is 0.582. The maximum absolute atomic E-state index is 5.97. The van der Waals surface area contributed by atoms with Crippen molar-refractivity contribution >= 4 is 50.7 Å². The molecule has 0 saturated heterocycles. The van der Waals surface area contributed by atoms with E-state index in [1.165, 1.54) is 33.6 Å². The molecule has 0 spiro atoms. The van der Waals surface area contributed by atoms with Crippen LogP contribution in [-0.4, -0.2) is 16.5 Å². The second kappa shape index (κ2) is 7.75. The van der Waals surface area contributed by atoms with Crippen molar-refractivity contribution in [2.75, 3.05) is 11.9 Å². The first kappa shape index (κ1) is 18.1. The van der Waals surface area contributed by atoms with Crippen molar-refractivity contribution < 1.29 is 0 Å². The highest BCUT2D eigenvalue weighted by atomic mass is 35.5. The molecule has 3 nitrogen and oxygen atoms in total. The van der Waals surface area contributed by atoms with Gasteiger partial charge >= 0.3 is 0 Å². The Bertz CT molecular complexity index is 919. The Balaban J connectivity index is 1.63. The van der Waals surface area contributed by atoms with Crippen LogP contribution >= 0.6 is 34.7 Å². The molecule has 0 unspecified atom stereocenters. The number of fused-ring (bicyclic) bond motifs is 3. The zero-order valence-electron chi connectivity index (χ0n) is 15.0. The SMILES string of the molecule is CC(C)CNc1nc(CSc2ccc(Cl)cc2)nc2sc3c(c12)CCC3. The van der Waals surface area contributed by atoms with Crippen LogP contribution in [0.2, 0.25) is 5.02 Å². The molecule has 1 aliphatic rings. The van der Waals surface area contributed by atoms with E-state index in [1.54, 1.807) is 11.8 Å². The summed E-state index contributed by atoms with van der Waals surface area (Å²) in [5.41, 5.74) is 1.48. The van der Waals surface area contributed by atoms with Crippen LogP contribution < -0.4 is 5.32 Å². The van der Waals surface area contributed by atoms with E-state index in [0.717, 1.165) is 40.2 Å². The van der Waals surface area contributed by atoms with Gasteiger partial charge in [-0.05, 0) is 55.0 Å². The zero-order valence-corrected chi connectivity index (χ0v) is 17.4. The van der Waals surface area contributed by atoms with Crippen molar-refractivity contribution in [3.63, 3.8) is 0 Å². The van der Waals surface area contributed by atoms with Gasteiger partial charge in [-0.25, -0.2) is 9.97 Å². The number of aromatic nitrogens is 2. The average Bonchev–Trinajstić information content (AvgIpc) is 3.19. The monoisotopic (exact) mass is 403 g/mol. The molecule has 136 valence electrons. The lowest BCUT2D eigenvalue weighted by molar-refractivity contribution is 0.687. The van der Waals surface area contributed by atoms with Crippen LogP contribution in [0.25, 0.3) is 10.2 Å². The number of anilines is 1. The van der Waals surface area contributed by atoms with Gasteiger partial charge in [0.25, 0.3) is 0 Å². The Morgan fingerprint density at radius 2 is 2.00 bits per heavy atom. The highest BCUT2D eigenvalue weighted by Gasteiger charge is 2.22. The Hall–Kier alpha value is -1.30. The molecule has 3 aromatic rings. The minimum atomic E-state index is 0.582. The summed E-state index contributed by atoms with van der Waals surface area (Å²) >= 11 is 9.57. The molecule has 0 aliphatic heterocycles. The summed E-state index contributed by atoms with van der Waals surface area (Å²) in [4.78, 5) is 13.6. The van der Waals surface area contributed by atoms with Crippen molar-refractivity contribution in [2.45, 2.75) is 43.8 Å². The third-order valence-electron chi connectivity index (χ3n) is 4.47. The molecule has 26 heavy (non-hydrogen) atoms. The number of nitrogens with zero attached hydrogens (tertiary/aromatic N) is 2. The van der Waals surface area contributed by atoms with Gasteiger partial charge in [-0.1, -0.05) is 25.4 Å². The van der Waals surface area contributed by atoms with Crippen molar-refractivity contribution in [1.82, 2.24) is 9.97 Å². The summed E-state index contributed by atoms with van der Waals surface area (Å²) in [6.07, 6.45) is 3.61. The highest BCUT2D eigenvalue weighted by molar-refractivity contribution is 7.98. The third-order valence-corrected chi connectivity index (χ3v) is 6.92. The van der Waals surface area contributed by atoms with Gasteiger partial charge in [0.2, 0.25) is 0 Å². The van der Waals surface area contributed by atoms with Crippen LogP contribution in [-0.2, 0) is 18.6 Å². The molecule has 0 amide bonds. The number of aryl methyl sites for hydroxylation is 2. The van der Waals surface area contributed by atoms with E-state index >= 15 is 0 Å². The molecule has 0 saturated carbocycles.